The van der Waals surface area contributed by atoms with Crippen LogP contribution in [0.4, 0.5) is 0 Å². The average molecular weight is 328 g/mol. The Labute approximate surface area is 145 Å². The molecule has 2 aliphatic rings. The van der Waals surface area contributed by atoms with Gasteiger partial charge in [-0.3, -0.25) is 4.79 Å². The number of ether oxygens (including phenoxy) is 2. The molecule has 0 saturated carbocycles. The van der Waals surface area contributed by atoms with Crippen LogP contribution in [0.2, 0.25) is 0 Å². The van der Waals surface area contributed by atoms with E-state index in [1.54, 1.807) is 0 Å². The summed E-state index contributed by atoms with van der Waals surface area (Å²) in [6, 6.07) is 27.1. The fourth-order valence-corrected chi connectivity index (χ4v) is 3.72. The van der Waals surface area contributed by atoms with E-state index in [4.69, 9.17) is 9.47 Å². The number of benzene rings is 3. The van der Waals surface area contributed by atoms with Gasteiger partial charge in [-0.2, -0.15) is 0 Å². The summed E-state index contributed by atoms with van der Waals surface area (Å²) in [4.78, 5) is 13.4. The summed E-state index contributed by atoms with van der Waals surface area (Å²) in [5.74, 6) is 0.617. The molecule has 3 aromatic rings. The summed E-state index contributed by atoms with van der Waals surface area (Å²) >= 11 is 0. The van der Waals surface area contributed by atoms with Crippen molar-refractivity contribution in [3.05, 3.63) is 102 Å². The molecular formula is C22H16O3. The van der Waals surface area contributed by atoms with Crippen molar-refractivity contribution in [1.82, 2.24) is 0 Å². The molecule has 1 fully saturated rings. The molecule has 3 aromatic carbocycles. The standard InChI is InChI=1S/C22H16O3/c23-19-17-13-7-8-14-18(17)24-20(15-9-3-1-4-10-15)22(19)21(25-22)16-11-5-2-6-12-16/h1-14,20-21H/t20-,21?,22-/m0/s1. The summed E-state index contributed by atoms with van der Waals surface area (Å²) in [5.41, 5.74) is 1.55. The summed E-state index contributed by atoms with van der Waals surface area (Å²) < 4.78 is 12.4. The van der Waals surface area contributed by atoms with Crippen LogP contribution in [0.1, 0.15) is 33.7 Å². The van der Waals surface area contributed by atoms with E-state index >= 15 is 0 Å². The Morgan fingerprint density at radius 3 is 1.92 bits per heavy atom. The van der Waals surface area contributed by atoms with Gasteiger partial charge in [-0.15, -0.1) is 0 Å². The second kappa shape index (κ2) is 5.30. The SMILES string of the molecule is O=C1c2ccccc2O[C@@H](c2ccccc2)[C@@]12OC2c1ccccc1. The van der Waals surface area contributed by atoms with Gasteiger partial charge in [0.25, 0.3) is 0 Å². The van der Waals surface area contributed by atoms with Crippen LogP contribution in [0.25, 0.3) is 0 Å². The molecular weight excluding hydrogens is 312 g/mol. The zero-order valence-corrected chi connectivity index (χ0v) is 13.5. The minimum absolute atomic E-state index is 0.00273. The second-order valence-electron chi connectivity index (χ2n) is 6.44. The zero-order valence-electron chi connectivity index (χ0n) is 13.5. The second-order valence-corrected chi connectivity index (χ2v) is 6.44. The van der Waals surface area contributed by atoms with E-state index in [9.17, 15) is 4.79 Å². The molecule has 2 heterocycles. The van der Waals surface area contributed by atoms with Crippen LogP contribution in [-0.4, -0.2) is 11.4 Å². The minimum Gasteiger partial charge on any atom is -0.481 e. The molecule has 0 amide bonds. The summed E-state index contributed by atoms with van der Waals surface area (Å²) in [5, 5.41) is 0. The fraction of sp³-hybridized carbons (Fsp3) is 0.136. The highest BCUT2D eigenvalue weighted by atomic mass is 16.6. The van der Waals surface area contributed by atoms with Crippen molar-refractivity contribution >= 4 is 5.78 Å². The lowest BCUT2D eigenvalue weighted by Crippen LogP contribution is -2.40. The Balaban J connectivity index is 1.65. The molecule has 1 spiro atoms. The van der Waals surface area contributed by atoms with Crippen LogP contribution in [0.3, 0.4) is 0 Å². The van der Waals surface area contributed by atoms with Gasteiger partial charge < -0.3 is 9.47 Å². The lowest BCUT2D eigenvalue weighted by atomic mass is 9.81. The summed E-state index contributed by atoms with van der Waals surface area (Å²) in [6.45, 7) is 0. The molecule has 0 N–H and O–H groups in total. The molecule has 0 aromatic heterocycles. The first-order chi connectivity index (χ1) is 12.3. The molecule has 3 heteroatoms. The fourth-order valence-electron chi connectivity index (χ4n) is 3.72. The summed E-state index contributed by atoms with van der Waals surface area (Å²) in [6.07, 6.45) is -0.749. The third kappa shape index (κ3) is 2.06. The van der Waals surface area contributed by atoms with Gasteiger partial charge in [0, 0.05) is 0 Å². The van der Waals surface area contributed by atoms with Crippen LogP contribution in [0, 0.1) is 0 Å². The van der Waals surface area contributed by atoms with E-state index in [0.29, 0.717) is 11.3 Å². The van der Waals surface area contributed by atoms with Crippen LogP contribution in [0.5, 0.6) is 5.75 Å². The molecule has 1 saturated heterocycles. The van der Waals surface area contributed by atoms with E-state index in [-0.39, 0.29) is 11.9 Å². The third-order valence-corrected chi connectivity index (χ3v) is 4.97. The largest absolute Gasteiger partial charge is 0.481 e. The first-order valence-electron chi connectivity index (χ1n) is 8.39. The Morgan fingerprint density at radius 1 is 0.680 bits per heavy atom. The Hall–Kier alpha value is -2.91. The van der Waals surface area contributed by atoms with Crippen LogP contribution in [-0.2, 0) is 4.74 Å². The summed E-state index contributed by atoms with van der Waals surface area (Å²) in [7, 11) is 0. The van der Waals surface area contributed by atoms with Gasteiger partial charge in [0.15, 0.2) is 6.10 Å². The quantitative estimate of drug-likeness (QED) is 0.650. The van der Waals surface area contributed by atoms with Gasteiger partial charge in [0.1, 0.15) is 11.9 Å². The van der Waals surface area contributed by atoms with E-state index in [0.717, 1.165) is 11.1 Å². The van der Waals surface area contributed by atoms with Crippen molar-refractivity contribution in [2.75, 3.05) is 0 Å². The van der Waals surface area contributed by atoms with Crippen molar-refractivity contribution in [1.29, 1.82) is 0 Å². The van der Waals surface area contributed by atoms with Crippen molar-refractivity contribution < 1.29 is 14.3 Å². The van der Waals surface area contributed by atoms with Gasteiger partial charge in [-0.05, 0) is 23.3 Å². The van der Waals surface area contributed by atoms with E-state index in [1.807, 2.05) is 84.9 Å². The highest BCUT2D eigenvalue weighted by molar-refractivity contribution is 6.08. The average Bonchev–Trinajstić information content (AvgIpc) is 3.43. The molecule has 25 heavy (non-hydrogen) atoms. The van der Waals surface area contributed by atoms with Crippen molar-refractivity contribution in [3.63, 3.8) is 0 Å². The number of carbonyl (C=O) groups is 1. The molecule has 3 atom stereocenters. The van der Waals surface area contributed by atoms with E-state index < -0.39 is 11.7 Å². The number of hydrogen-bond acceptors (Lipinski definition) is 3. The molecule has 122 valence electrons. The molecule has 3 nitrogen and oxygen atoms in total. The van der Waals surface area contributed by atoms with E-state index in [1.165, 1.54) is 0 Å². The number of rotatable bonds is 2. The minimum atomic E-state index is -0.989. The number of carbonyl (C=O) groups excluding carboxylic acids is 1. The lowest BCUT2D eigenvalue weighted by Gasteiger charge is -2.31. The first-order valence-corrected chi connectivity index (χ1v) is 8.39. The molecule has 0 radical (unpaired) electrons. The van der Waals surface area contributed by atoms with Crippen molar-refractivity contribution in [3.8, 4) is 5.75 Å². The number of Topliss-reactive ketones (excluding diaryl/α,β-unsaturated/α-hetero) is 1. The lowest BCUT2D eigenvalue weighted by molar-refractivity contribution is 0.0523. The first kappa shape index (κ1) is 14.4. The maximum atomic E-state index is 13.4. The highest BCUT2D eigenvalue weighted by Gasteiger charge is 2.71. The van der Waals surface area contributed by atoms with Gasteiger partial charge in [-0.25, -0.2) is 0 Å². The number of fused-ring (bicyclic) bond motifs is 1. The molecule has 2 aliphatic heterocycles. The van der Waals surface area contributed by atoms with Gasteiger partial charge in [0.2, 0.25) is 11.4 Å². The smallest absolute Gasteiger partial charge is 0.205 e. The number of epoxide rings is 1. The number of ketones is 1. The molecule has 1 unspecified atom stereocenters. The number of para-hydroxylation sites is 1. The predicted octanol–water partition coefficient (Wildman–Crippen LogP) is 4.51. The van der Waals surface area contributed by atoms with Crippen LogP contribution in [0.15, 0.2) is 84.9 Å². The van der Waals surface area contributed by atoms with Crippen LogP contribution < -0.4 is 4.74 Å². The van der Waals surface area contributed by atoms with Gasteiger partial charge in [-0.1, -0.05) is 72.8 Å². The zero-order chi connectivity index (χ0) is 16.9. The maximum absolute atomic E-state index is 13.4. The van der Waals surface area contributed by atoms with Crippen molar-refractivity contribution in [2.45, 2.75) is 17.8 Å². The molecule has 0 aliphatic carbocycles. The molecule has 5 rings (SSSR count). The molecule has 0 bridgehead atoms. The third-order valence-electron chi connectivity index (χ3n) is 4.97. The van der Waals surface area contributed by atoms with Crippen molar-refractivity contribution in [2.24, 2.45) is 0 Å². The monoisotopic (exact) mass is 328 g/mol. The topological polar surface area (TPSA) is 38.8 Å². The highest BCUT2D eigenvalue weighted by Crippen LogP contribution is 2.61. The Bertz CT molecular complexity index is 936. The normalized spacial score (nSPS) is 26.8. The Kier molecular flexibility index (Phi) is 3.06. The Morgan fingerprint density at radius 2 is 1.24 bits per heavy atom. The maximum Gasteiger partial charge on any atom is 0.205 e. The van der Waals surface area contributed by atoms with E-state index in [2.05, 4.69) is 0 Å². The van der Waals surface area contributed by atoms with Gasteiger partial charge in [0.05, 0.1) is 5.56 Å². The predicted molar refractivity (Wildman–Crippen MR) is 93.6 cm³/mol. The van der Waals surface area contributed by atoms with Gasteiger partial charge >= 0.3 is 0 Å². The van der Waals surface area contributed by atoms with Crippen LogP contribution >= 0.6 is 0 Å². The number of hydrogen-bond donors (Lipinski definition) is 0.